The van der Waals surface area contributed by atoms with Crippen molar-refractivity contribution >= 4 is 0 Å². The zero-order valence-corrected chi connectivity index (χ0v) is 12.3. The van der Waals surface area contributed by atoms with Crippen LogP contribution in [-0.4, -0.2) is 41.6 Å². The molecule has 0 saturated carbocycles. The molecule has 0 aliphatic heterocycles. The minimum Gasteiger partial charge on any atom is -0.493 e. The molecule has 1 aromatic carbocycles. The Bertz CT molecular complexity index is 364. The monoisotopic (exact) mass is 269 g/mol. The van der Waals surface area contributed by atoms with Crippen LogP contribution in [0.15, 0.2) is 12.1 Å². The van der Waals surface area contributed by atoms with Crippen LogP contribution in [-0.2, 0) is 4.74 Å². The first-order valence-electron chi connectivity index (χ1n) is 6.24. The molecule has 1 aromatic rings. The van der Waals surface area contributed by atoms with E-state index in [0.29, 0.717) is 23.9 Å². The summed E-state index contributed by atoms with van der Waals surface area (Å²) in [5.74, 6) is 1.90. The summed E-state index contributed by atoms with van der Waals surface area (Å²) >= 11 is 0. The summed E-state index contributed by atoms with van der Waals surface area (Å²) in [7, 11) is 6.50. The Hall–Kier alpha value is -1.46. The highest BCUT2D eigenvalue weighted by atomic mass is 16.5. The van der Waals surface area contributed by atoms with Crippen molar-refractivity contribution < 1.29 is 18.9 Å². The molecule has 0 radical (unpaired) electrons. The third-order valence-electron chi connectivity index (χ3n) is 2.87. The maximum absolute atomic E-state index is 5.35. The Kier molecular flexibility index (Phi) is 6.45. The van der Waals surface area contributed by atoms with Gasteiger partial charge >= 0.3 is 0 Å². The number of methoxy groups -OCH3 is 4. The second-order valence-corrected chi connectivity index (χ2v) is 4.02. The van der Waals surface area contributed by atoms with Gasteiger partial charge in [0.25, 0.3) is 0 Å². The van der Waals surface area contributed by atoms with E-state index in [1.165, 1.54) is 0 Å². The molecule has 5 nitrogen and oxygen atoms in total. The van der Waals surface area contributed by atoms with E-state index in [1.54, 1.807) is 28.4 Å². The molecule has 1 atom stereocenters. The van der Waals surface area contributed by atoms with E-state index in [0.717, 1.165) is 12.1 Å². The molecular weight excluding hydrogens is 246 g/mol. The molecule has 0 bridgehead atoms. The van der Waals surface area contributed by atoms with Gasteiger partial charge in [0.05, 0.1) is 34.0 Å². The molecule has 0 amide bonds. The molecule has 19 heavy (non-hydrogen) atoms. The van der Waals surface area contributed by atoms with Crippen LogP contribution in [0.25, 0.3) is 0 Å². The quantitative estimate of drug-likeness (QED) is 0.782. The predicted octanol–water partition coefficient (Wildman–Crippen LogP) is 2.01. The number of nitrogens with one attached hydrogen (secondary N) is 1. The van der Waals surface area contributed by atoms with Crippen molar-refractivity contribution in [3.05, 3.63) is 17.7 Å². The van der Waals surface area contributed by atoms with Gasteiger partial charge in [-0.3, -0.25) is 0 Å². The summed E-state index contributed by atoms with van der Waals surface area (Å²) in [6, 6.07) is 3.96. The minimum absolute atomic E-state index is 0.0868. The largest absolute Gasteiger partial charge is 0.493 e. The van der Waals surface area contributed by atoms with E-state index in [9.17, 15) is 0 Å². The highest BCUT2D eigenvalue weighted by Gasteiger charge is 2.18. The van der Waals surface area contributed by atoms with Gasteiger partial charge in [0.2, 0.25) is 5.75 Å². The standard InChI is InChI=1S/C14H23NO4/c1-6-15-11(9-16-2)10-7-12(17-3)14(19-5)13(8-10)18-4/h7-8,11,15H,6,9H2,1-5H3. The Morgan fingerprint density at radius 2 is 1.58 bits per heavy atom. The van der Waals surface area contributed by atoms with E-state index in [-0.39, 0.29) is 6.04 Å². The van der Waals surface area contributed by atoms with Crippen molar-refractivity contribution in [2.24, 2.45) is 0 Å². The fourth-order valence-electron chi connectivity index (χ4n) is 1.99. The molecule has 1 N–H and O–H groups in total. The summed E-state index contributed by atoms with van der Waals surface area (Å²) in [4.78, 5) is 0. The molecule has 0 heterocycles. The maximum Gasteiger partial charge on any atom is 0.203 e. The maximum atomic E-state index is 5.35. The van der Waals surface area contributed by atoms with Crippen molar-refractivity contribution in [1.82, 2.24) is 5.32 Å². The Labute approximate surface area is 114 Å². The van der Waals surface area contributed by atoms with Crippen LogP contribution in [0.1, 0.15) is 18.5 Å². The smallest absolute Gasteiger partial charge is 0.203 e. The van der Waals surface area contributed by atoms with E-state index in [4.69, 9.17) is 18.9 Å². The molecule has 0 spiro atoms. The van der Waals surface area contributed by atoms with Gasteiger partial charge in [0.15, 0.2) is 11.5 Å². The number of benzene rings is 1. The second kappa shape index (κ2) is 7.86. The number of hydrogen-bond donors (Lipinski definition) is 1. The average Bonchev–Trinajstić information content (AvgIpc) is 2.45. The molecule has 1 unspecified atom stereocenters. The van der Waals surface area contributed by atoms with Gasteiger partial charge in [0, 0.05) is 7.11 Å². The summed E-state index contributed by atoms with van der Waals surface area (Å²) < 4.78 is 21.3. The van der Waals surface area contributed by atoms with Crippen LogP contribution in [0.5, 0.6) is 17.2 Å². The molecule has 0 fully saturated rings. The van der Waals surface area contributed by atoms with E-state index in [2.05, 4.69) is 12.2 Å². The van der Waals surface area contributed by atoms with Gasteiger partial charge in [0.1, 0.15) is 0 Å². The predicted molar refractivity (Wildman–Crippen MR) is 74.4 cm³/mol. The lowest BCUT2D eigenvalue weighted by molar-refractivity contribution is 0.167. The number of hydrogen-bond acceptors (Lipinski definition) is 5. The zero-order chi connectivity index (χ0) is 14.3. The lowest BCUT2D eigenvalue weighted by Crippen LogP contribution is -2.25. The summed E-state index contributed by atoms with van der Waals surface area (Å²) in [5.41, 5.74) is 1.04. The van der Waals surface area contributed by atoms with Gasteiger partial charge in [-0.25, -0.2) is 0 Å². The minimum atomic E-state index is 0.0868. The van der Waals surface area contributed by atoms with Gasteiger partial charge in [-0.15, -0.1) is 0 Å². The molecular formula is C14H23NO4. The molecule has 108 valence electrons. The summed E-state index contributed by atoms with van der Waals surface area (Å²) in [6.45, 7) is 3.48. The number of ether oxygens (including phenoxy) is 4. The normalized spacial score (nSPS) is 12.1. The van der Waals surface area contributed by atoms with Crippen LogP contribution >= 0.6 is 0 Å². The number of likely N-dealkylation sites (N-methyl/N-ethyl adjacent to an activating group) is 1. The third kappa shape index (κ3) is 3.75. The van der Waals surface area contributed by atoms with E-state index < -0.39 is 0 Å². The van der Waals surface area contributed by atoms with E-state index >= 15 is 0 Å². The van der Waals surface area contributed by atoms with Crippen molar-refractivity contribution in [2.75, 3.05) is 41.6 Å². The molecule has 1 rings (SSSR count). The first kappa shape index (κ1) is 15.6. The average molecular weight is 269 g/mol. The highest BCUT2D eigenvalue weighted by Crippen LogP contribution is 2.39. The van der Waals surface area contributed by atoms with Gasteiger partial charge in [-0.05, 0) is 24.2 Å². The van der Waals surface area contributed by atoms with Gasteiger partial charge in [-0.2, -0.15) is 0 Å². The second-order valence-electron chi connectivity index (χ2n) is 4.02. The highest BCUT2D eigenvalue weighted by molar-refractivity contribution is 5.54. The van der Waals surface area contributed by atoms with Crippen LogP contribution in [0.2, 0.25) is 0 Å². The molecule has 5 heteroatoms. The Morgan fingerprint density at radius 1 is 1.00 bits per heavy atom. The van der Waals surface area contributed by atoms with Crippen molar-refractivity contribution in [3.63, 3.8) is 0 Å². The molecule has 0 aromatic heterocycles. The Balaban J connectivity index is 3.19. The van der Waals surface area contributed by atoms with Crippen LogP contribution in [0, 0.1) is 0 Å². The van der Waals surface area contributed by atoms with Gasteiger partial charge in [-0.1, -0.05) is 6.92 Å². The number of rotatable bonds is 8. The first-order valence-corrected chi connectivity index (χ1v) is 6.24. The summed E-state index contributed by atoms with van der Waals surface area (Å²) in [6.07, 6.45) is 0. The fraction of sp³-hybridized carbons (Fsp3) is 0.571. The van der Waals surface area contributed by atoms with Crippen LogP contribution < -0.4 is 19.5 Å². The van der Waals surface area contributed by atoms with E-state index in [1.807, 2.05) is 12.1 Å². The van der Waals surface area contributed by atoms with Crippen LogP contribution in [0.4, 0.5) is 0 Å². The molecule has 0 aliphatic carbocycles. The lowest BCUT2D eigenvalue weighted by Gasteiger charge is -2.20. The topological polar surface area (TPSA) is 49.0 Å². The van der Waals surface area contributed by atoms with Crippen molar-refractivity contribution in [2.45, 2.75) is 13.0 Å². The van der Waals surface area contributed by atoms with Gasteiger partial charge < -0.3 is 24.3 Å². The van der Waals surface area contributed by atoms with Crippen molar-refractivity contribution in [3.8, 4) is 17.2 Å². The summed E-state index contributed by atoms with van der Waals surface area (Å²) in [5, 5.41) is 3.36. The van der Waals surface area contributed by atoms with Crippen LogP contribution in [0.3, 0.4) is 0 Å². The third-order valence-corrected chi connectivity index (χ3v) is 2.87. The SMILES string of the molecule is CCNC(COC)c1cc(OC)c(OC)c(OC)c1. The van der Waals surface area contributed by atoms with Crippen molar-refractivity contribution in [1.29, 1.82) is 0 Å². The Morgan fingerprint density at radius 3 is 1.95 bits per heavy atom. The molecule has 0 aliphatic rings. The fourth-order valence-corrected chi connectivity index (χ4v) is 1.99. The molecule has 0 saturated heterocycles. The first-order chi connectivity index (χ1) is 9.21. The lowest BCUT2D eigenvalue weighted by atomic mass is 10.1. The zero-order valence-electron chi connectivity index (χ0n) is 12.3.